The molecule has 0 N–H and O–H groups in total. The molecule has 1 fully saturated rings. The molecule has 1 atom stereocenters. The fourth-order valence-corrected chi connectivity index (χ4v) is 1.15. The minimum Gasteiger partial charge on any atom is -0.357 e. The van der Waals surface area contributed by atoms with E-state index in [1.807, 2.05) is 13.8 Å². The second kappa shape index (κ2) is 4.41. The van der Waals surface area contributed by atoms with Crippen LogP contribution in [0.4, 0.5) is 0 Å². The Hall–Kier alpha value is -0.630. The molecule has 0 aromatic carbocycles. The first-order chi connectivity index (χ1) is 5.70. The predicted molar refractivity (Wildman–Crippen MR) is 51.5 cm³/mol. The maximum atomic E-state index is 5.47. The van der Waals surface area contributed by atoms with Gasteiger partial charge in [0.2, 0.25) is 0 Å². The van der Waals surface area contributed by atoms with Crippen molar-refractivity contribution in [1.82, 2.24) is 0 Å². The summed E-state index contributed by atoms with van der Waals surface area (Å²) < 4.78 is 5.47. The van der Waals surface area contributed by atoms with Crippen LogP contribution in [0.25, 0.3) is 0 Å². The van der Waals surface area contributed by atoms with Crippen LogP contribution in [-0.4, -0.2) is 18.5 Å². The first kappa shape index (κ1) is 9.46. The van der Waals surface area contributed by atoms with Crippen LogP contribution in [-0.2, 0) is 4.74 Å². The zero-order valence-electron chi connectivity index (χ0n) is 7.97. The lowest BCUT2D eigenvalue weighted by molar-refractivity contribution is 0.0223. The zero-order chi connectivity index (χ0) is 8.97. The number of allylic oxidation sites excluding steroid dienone is 1. The molecule has 0 saturated carbocycles. The Morgan fingerprint density at radius 3 is 2.67 bits per heavy atom. The van der Waals surface area contributed by atoms with E-state index in [0.717, 1.165) is 24.3 Å². The van der Waals surface area contributed by atoms with Crippen molar-refractivity contribution < 1.29 is 4.74 Å². The van der Waals surface area contributed by atoms with Crippen LogP contribution < -0.4 is 0 Å². The first-order valence-electron chi connectivity index (χ1n) is 4.52. The minimum absolute atomic E-state index is 0.0930. The zero-order valence-corrected chi connectivity index (χ0v) is 7.97. The van der Waals surface area contributed by atoms with E-state index in [2.05, 4.69) is 11.6 Å². The van der Waals surface area contributed by atoms with E-state index >= 15 is 0 Å². The van der Waals surface area contributed by atoms with Crippen molar-refractivity contribution in [1.29, 1.82) is 0 Å². The molecule has 0 bridgehead atoms. The highest BCUT2D eigenvalue weighted by Crippen LogP contribution is 2.14. The van der Waals surface area contributed by atoms with Gasteiger partial charge in [-0.15, -0.1) is 0 Å². The molecule has 1 saturated heterocycles. The number of nitrogens with zero attached hydrogens (tertiary/aromatic N) is 1. The number of hydrogen-bond donors (Lipinski definition) is 0. The van der Waals surface area contributed by atoms with E-state index in [1.165, 1.54) is 12.8 Å². The van der Waals surface area contributed by atoms with Crippen molar-refractivity contribution in [2.24, 2.45) is 4.99 Å². The molecule has 2 heteroatoms. The van der Waals surface area contributed by atoms with E-state index in [9.17, 15) is 0 Å². The Morgan fingerprint density at radius 2 is 2.17 bits per heavy atom. The molecule has 1 unspecified atom stereocenters. The van der Waals surface area contributed by atoms with Crippen molar-refractivity contribution in [3.8, 4) is 0 Å². The summed E-state index contributed by atoms with van der Waals surface area (Å²) >= 11 is 0. The number of ether oxygens (including phenoxy) is 1. The average molecular weight is 167 g/mol. The smallest absolute Gasteiger partial charge is 0.148 e. The van der Waals surface area contributed by atoms with Crippen LogP contribution in [0.5, 0.6) is 0 Å². The quantitative estimate of drug-likeness (QED) is 0.579. The Kier molecular flexibility index (Phi) is 3.48. The van der Waals surface area contributed by atoms with E-state index in [0.29, 0.717) is 0 Å². The fraction of sp³-hybridized carbons (Fsp3) is 0.700. The molecule has 1 heterocycles. The van der Waals surface area contributed by atoms with Crippen LogP contribution in [0.1, 0.15) is 33.1 Å². The molecule has 0 spiro atoms. The Bertz CT molecular complexity index is 190. The van der Waals surface area contributed by atoms with Crippen molar-refractivity contribution in [3.05, 3.63) is 12.2 Å². The van der Waals surface area contributed by atoms with E-state index < -0.39 is 0 Å². The Labute approximate surface area is 74.3 Å². The van der Waals surface area contributed by atoms with Crippen LogP contribution in [0.3, 0.4) is 0 Å². The highest BCUT2D eigenvalue weighted by molar-refractivity contribution is 5.97. The summed E-state index contributed by atoms with van der Waals surface area (Å²) in [5.74, 6) is 0. The summed E-state index contributed by atoms with van der Waals surface area (Å²) in [5.41, 5.74) is 2.05. The van der Waals surface area contributed by atoms with Crippen LogP contribution in [0.15, 0.2) is 17.1 Å². The van der Waals surface area contributed by atoms with E-state index in [-0.39, 0.29) is 6.23 Å². The molecule has 68 valence electrons. The number of hydrogen-bond acceptors (Lipinski definition) is 2. The summed E-state index contributed by atoms with van der Waals surface area (Å²) in [6.45, 7) is 8.65. The maximum Gasteiger partial charge on any atom is 0.148 e. The van der Waals surface area contributed by atoms with Gasteiger partial charge in [0.15, 0.2) is 0 Å². The minimum atomic E-state index is 0.0930. The van der Waals surface area contributed by atoms with E-state index in [4.69, 9.17) is 4.74 Å². The number of rotatable bonds is 2. The van der Waals surface area contributed by atoms with Crippen LogP contribution >= 0.6 is 0 Å². The van der Waals surface area contributed by atoms with Gasteiger partial charge in [0, 0.05) is 12.3 Å². The molecule has 2 nitrogen and oxygen atoms in total. The van der Waals surface area contributed by atoms with Gasteiger partial charge in [-0.2, -0.15) is 0 Å². The van der Waals surface area contributed by atoms with Gasteiger partial charge >= 0.3 is 0 Å². The summed E-state index contributed by atoms with van der Waals surface area (Å²) in [6, 6.07) is 0. The molecule has 0 amide bonds. The van der Waals surface area contributed by atoms with Gasteiger partial charge in [-0.3, -0.25) is 4.99 Å². The molecule has 1 aliphatic rings. The lowest BCUT2D eigenvalue weighted by atomic mass is 10.2. The van der Waals surface area contributed by atoms with Gasteiger partial charge in [-0.1, -0.05) is 6.58 Å². The van der Waals surface area contributed by atoms with Gasteiger partial charge in [-0.25, -0.2) is 0 Å². The average Bonchev–Trinajstić information content (AvgIpc) is 2.06. The number of aliphatic imine (C=N–C) groups is 1. The van der Waals surface area contributed by atoms with E-state index in [1.54, 1.807) is 0 Å². The summed E-state index contributed by atoms with van der Waals surface area (Å²) in [5, 5.41) is 0. The summed E-state index contributed by atoms with van der Waals surface area (Å²) in [6.07, 6.45) is 3.57. The lowest BCUT2D eigenvalue weighted by Gasteiger charge is -2.19. The maximum absolute atomic E-state index is 5.47. The van der Waals surface area contributed by atoms with Gasteiger partial charge in [0.1, 0.15) is 6.23 Å². The second-order valence-electron chi connectivity index (χ2n) is 3.32. The fourth-order valence-electron chi connectivity index (χ4n) is 1.15. The third-order valence-electron chi connectivity index (χ3n) is 2.11. The Morgan fingerprint density at radius 1 is 1.42 bits per heavy atom. The van der Waals surface area contributed by atoms with Crippen molar-refractivity contribution >= 4 is 5.71 Å². The van der Waals surface area contributed by atoms with Gasteiger partial charge < -0.3 is 4.74 Å². The van der Waals surface area contributed by atoms with Crippen LogP contribution in [0, 0.1) is 0 Å². The first-order valence-corrected chi connectivity index (χ1v) is 4.52. The molecule has 1 rings (SSSR count). The normalized spacial score (nSPS) is 25.5. The summed E-state index contributed by atoms with van der Waals surface area (Å²) in [7, 11) is 0. The molecule has 0 aliphatic carbocycles. The SMILES string of the molecule is C=C(C)C(C)=NC1CCCCO1. The third-order valence-corrected chi connectivity index (χ3v) is 2.11. The summed E-state index contributed by atoms with van der Waals surface area (Å²) in [4.78, 5) is 4.43. The van der Waals surface area contributed by atoms with Crippen molar-refractivity contribution in [2.75, 3.05) is 6.61 Å². The molecule has 0 aromatic heterocycles. The van der Waals surface area contributed by atoms with Gasteiger partial charge in [0.05, 0.1) is 0 Å². The van der Waals surface area contributed by atoms with Gasteiger partial charge in [0.25, 0.3) is 0 Å². The predicted octanol–water partition coefficient (Wildman–Crippen LogP) is 2.55. The molecular weight excluding hydrogens is 150 g/mol. The molecule has 0 radical (unpaired) electrons. The largest absolute Gasteiger partial charge is 0.357 e. The lowest BCUT2D eigenvalue weighted by Crippen LogP contribution is -2.18. The molecular formula is C10H17NO. The van der Waals surface area contributed by atoms with Crippen LogP contribution in [0.2, 0.25) is 0 Å². The molecule has 12 heavy (non-hydrogen) atoms. The van der Waals surface area contributed by atoms with Crippen molar-refractivity contribution in [3.63, 3.8) is 0 Å². The monoisotopic (exact) mass is 167 g/mol. The van der Waals surface area contributed by atoms with Crippen molar-refractivity contribution in [2.45, 2.75) is 39.3 Å². The second-order valence-corrected chi connectivity index (χ2v) is 3.32. The highest BCUT2D eigenvalue weighted by Gasteiger charge is 2.11. The highest BCUT2D eigenvalue weighted by atomic mass is 16.5. The third kappa shape index (κ3) is 2.78. The molecule has 1 aliphatic heterocycles. The topological polar surface area (TPSA) is 21.6 Å². The Balaban J connectivity index is 2.47. The standard InChI is InChI=1S/C10H17NO/c1-8(2)9(3)11-10-6-4-5-7-12-10/h10H,1,4-7H2,2-3H3. The molecule has 0 aromatic rings. The van der Waals surface area contributed by atoms with Gasteiger partial charge in [-0.05, 0) is 38.7 Å².